The Hall–Kier alpha value is -1.98. The number of carbonyl (C=O) groups excluding carboxylic acids is 1. The van der Waals surface area contributed by atoms with Crippen LogP contribution in [0.2, 0.25) is 0 Å². The lowest BCUT2D eigenvalue weighted by molar-refractivity contribution is -0.385. The summed E-state index contributed by atoms with van der Waals surface area (Å²) in [7, 11) is 1.19. The molecule has 0 radical (unpaired) electrons. The van der Waals surface area contributed by atoms with Gasteiger partial charge in [-0.2, -0.15) is 0 Å². The van der Waals surface area contributed by atoms with E-state index < -0.39 is 22.4 Å². The Kier molecular flexibility index (Phi) is 3.55. The third-order valence-electron chi connectivity index (χ3n) is 2.16. The summed E-state index contributed by atoms with van der Waals surface area (Å²) >= 11 is 0. The van der Waals surface area contributed by atoms with E-state index in [2.05, 4.69) is 4.74 Å². The highest BCUT2D eigenvalue weighted by Gasteiger charge is 2.20. The van der Waals surface area contributed by atoms with Crippen LogP contribution in [0.15, 0.2) is 12.1 Å². The summed E-state index contributed by atoms with van der Waals surface area (Å²) in [5, 5.41) is 10.7. The molecule has 5 nitrogen and oxygen atoms in total. The molecule has 0 spiro atoms. The van der Waals surface area contributed by atoms with Gasteiger partial charge in [0.05, 0.1) is 24.5 Å². The fourth-order valence-corrected chi connectivity index (χ4v) is 1.36. The van der Waals surface area contributed by atoms with Gasteiger partial charge < -0.3 is 4.74 Å². The lowest BCUT2D eigenvalue weighted by Crippen LogP contribution is -2.08. The minimum atomic E-state index is -0.714. The molecular weight excluding hydrogens is 217 g/mol. The van der Waals surface area contributed by atoms with Crippen molar-refractivity contribution in [3.8, 4) is 0 Å². The smallest absolute Gasteiger partial charge is 0.310 e. The second-order valence-corrected chi connectivity index (χ2v) is 3.23. The monoisotopic (exact) mass is 227 g/mol. The number of carbonyl (C=O) groups is 1. The quantitative estimate of drug-likeness (QED) is 0.448. The fourth-order valence-electron chi connectivity index (χ4n) is 1.36. The summed E-state index contributed by atoms with van der Waals surface area (Å²) in [5.74, 6) is -1.30. The normalized spacial score (nSPS) is 9.94. The maximum Gasteiger partial charge on any atom is 0.310 e. The second-order valence-electron chi connectivity index (χ2n) is 3.23. The van der Waals surface area contributed by atoms with Crippen molar-refractivity contribution in [3.63, 3.8) is 0 Å². The molecule has 1 aromatic carbocycles. The van der Waals surface area contributed by atoms with E-state index in [-0.39, 0.29) is 12.0 Å². The Morgan fingerprint density at radius 2 is 2.19 bits per heavy atom. The second kappa shape index (κ2) is 4.69. The number of nitrogens with zero attached hydrogens (tertiary/aromatic N) is 1. The van der Waals surface area contributed by atoms with Crippen LogP contribution in [0, 0.1) is 22.9 Å². The maximum absolute atomic E-state index is 13.0. The number of hydrogen-bond acceptors (Lipinski definition) is 4. The topological polar surface area (TPSA) is 69.4 Å². The van der Waals surface area contributed by atoms with Gasteiger partial charge in [0.25, 0.3) is 5.69 Å². The summed E-state index contributed by atoms with van der Waals surface area (Å²) in [5.41, 5.74) is 0.137. The molecule has 6 heteroatoms. The Morgan fingerprint density at radius 3 is 2.69 bits per heavy atom. The lowest BCUT2D eigenvalue weighted by Gasteiger charge is -2.05. The number of aryl methyl sites for hydroxylation is 1. The highest BCUT2D eigenvalue weighted by molar-refractivity contribution is 5.74. The number of esters is 1. The van der Waals surface area contributed by atoms with Gasteiger partial charge in [0.2, 0.25) is 0 Å². The lowest BCUT2D eigenvalue weighted by atomic mass is 10.0. The molecule has 0 heterocycles. The molecule has 0 aliphatic carbocycles. The van der Waals surface area contributed by atoms with Crippen molar-refractivity contribution in [2.75, 3.05) is 7.11 Å². The predicted octanol–water partition coefficient (Wildman–Crippen LogP) is 1.76. The van der Waals surface area contributed by atoms with Gasteiger partial charge in [-0.05, 0) is 18.6 Å². The Balaban J connectivity index is 3.24. The highest BCUT2D eigenvalue weighted by atomic mass is 19.1. The first kappa shape index (κ1) is 12.1. The Labute approximate surface area is 91.0 Å². The van der Waals surface area contributed by atoms with Gasteiger partial charge in [0.1, 0.15) is 5.82 Å². The van der Waals surface area contributed by atoms with Crippen molar-refractivity contribution in [1.82, 2.24) is 0 Å². The number of methoxy groups -OCH3 is 1. The van der Waals surface area contributed by atoms with E-state index in [1.165, 1.54) is 14.0 Å². The minimum Gasteiger partial charge on any atom is -0.469 e. The summed E-state index contributed by atoms with van der Waals surface area (Å²) in [6, 6.07) is 1.94. The van der Waals surface area contributed by atoms with Crippen LogP contribution < -0.4 is 0 Å². The molecule has 0 saturated carbocycles. The number of halogens is 1. The molecule has 0 aliphatic rings. The maximum atomic E-state index is 13.0. The zero-order valence-electron chi connectivity index (χ0n) is 8.82. The van der Waals surface area contributed by atoms with E-state index in [1.54, 1.807) is 0 Å². The Morgan fingerprint density at radius 1 is 1.56 bits per heavy atom. The molecule has 0 aliphatic heterocycles. The van der Waals surface area contributed by atoms with Crippen LogP contribution in [0.25, 0.3) is 0 Å². The van der Waals surface area contributed by atoms with Gasteiger partial charge in [0, 0.05) is 5.56 Å². The molecule has 86 valence electrons. The average molecular weight is 227 g/mol. The van der Waals surface area contributed by atoms with E-state index >= 15 is 0 Å². The zero-order valence-corrected chi connectivity index (χ0v) is 8.82. The molecular formula is C10H10FNO4. The number of nitro benzene ring substituents is 1. The van der Waals surface area contributed by atoms with Crippen LogP contribution >= 0.6 is 0 Å². The molecule has 0 aromatic heterocycles. The van der Waals surface area contributed by atoms with Gasteiger partial charge >= 0.3 is 5.97 Å². The van der Waals surface area contributed by atoms with Crippen LogP contribution in [0.1, 0.15) is 11.1 Å². The first-order valence-electron chi connectivity index (χ1n) is 4.46. The first-order chi connectivity index (χ1) is 7.45. The number of rotatable bonds is 3. The Bertz CT molecular complexity index is 445. The van der Waals surface area contributed by atoms with Gasteiger partial charge in [0.15, 0.2) is 0 Å². The van der Waals surface area contributed by atoms with Gasteiger partial charge in [-0.3, -0.25) is 14.9 Å². The van der Waals surface area contributed by atoms with Crippen LogP contribution in [0.4, 0.5) is 10.1 Å². The number of nitro groups is 1. The van der Waals surface area contributed by atoms with E-state index in [0.29, 0.717) is 5.56 Å². The van der Waals surface area contributed by atoms with Crippen molar-refractivity contribution in [2.24, 2.45) is 0 Å². The molecule has 0 bridgehead atoms. The zero-order chi connectivity index (χ0) is 12.3. The SMILES string of the molecule is COC(=O)Cc1c(C)cc(F)cc1[N+](=O)[O-]. The predicted molar refractivity (Wildman–Crippen MR) is 53.5 cm³/mol. The van der Waals surface area contributed by atoms with Crippen LogP contribution in [0.5, 0.6) is 0 Å². The molecule has 0 saturated heterocycles. The van der Waals surface area contributed by atoms with Crippen molar-refractivity contribution in [2.45, 2.75) is 13.3 Å². The summed E-state index contributed by atoms with van der Waals surface area (Å²) in [6.07, 6.45) is -0.237. The van der Waals surface area contributed by atoms with Gasteiger partial charge in [-0.25, -0.2) is 4.39 Å². The minimum absolute atomic E-state index is 0.179. The molecule has 0 fully saturated rings. The van der Waals surface area contributed by atoms with Crippen LogP contribution in [0.3, 0.4) is 0 Å². The van der Waals surface area contributed by atoms with Crippen LogP contribution in [-0.2, 0) is 16.0 Å². The molecule has 0 N–H and O–H groups in total. The van der Waals surface area contributed by atoms with Crippen molar-refractivity contribution in [1.29, 1.82) is 0 Å². The van der Waals surface area contributed by atoms with E-state index in [0.717, 1.165) is 12.1 Å². The van der Waals surface area contributed by atoms with E-state index in [1.807, 2.05) is 0 Å². The van der Waals surface area contributed by atoms with Gasteiger partial charge in [-0.1, -0.05) is 0 Å². The van der Waals surface area contributed by atoms with Gasteiger partial charge in [-0.15, -0.1) is 0 Å². The third-order valence-corrected chi connectivity index (χ3v) is 2.16. The fraction of sp³-hybridized carbons (Fsp3) is 0.300. The molecule has 1 aromatic rings. The highest BCUT2D eigenvalue weighted by Crippen LogP contribution is 2.24. The summed E-state index contributed by atoms with van der Waals surface area (Å²) in [6.45, 7) is 1.51. The standard InChI is InChI=1S/C10H10FNO4/c1-6-3-7(11)4-9(12(14)15)8(6)5-10(13)16-2/h3-4H,5H2,1-2H3. The summed E-state index contributed by atoms with van der Waals surface area (Å²) < 4.78 is 17.4. The molecule has 0 atom stereocenters. The van der Waals surface area contributed by atoms with Crippen LogP contribution in [-0.4, -0.2) is 18.0 Å². The van der Waals surface area contributed by atoms with E-state index in [4.69, 9.17) is 0 Å². The number of benzene rings is 1. The molecule has 16 heavy (non-hydrogen) atoms. The largest absolute Gasteiger partial charge is 0.469 e. The van der Waals surface area contributed by atoms with Crippen molar-refractivity contribution in [3.05, 3.63) is 39.2 Å². The first-order valence-corrected chi connectivity index (χ1v) is 4.46. The molecule has 0 amide bonds. The molecule has 1 rings (SSSR count). The third kappa shape index (κ3) is 2.53. The van der Waals surface area contributed by atoms with Crippen molar-refractivity contribution >= 4 is 11.7 Å². The molecule has 0 unspecified atom stereocenters. The van der Waals surface area contributed by atoms with Crippen molar-refractivity contribution < 1.29 is 18.8 Å². The average Bonchev–Trinajstić information content (AvgIpc) is 2.20. The number of ether oxygens (including phenoxy) is 1. The summed E-state index contributed by atoms with van der Waals surface area (Å²) in [4.78, 5) is 21.0. The number of hydrogen-bond donors (Lipinski definition) is 0. The van der Waals surface area contributed by atoms with E-state index in [9.17, 15) is 19.3 Å².